The van der Waals surface area contributed by atoms with Crippen LogP contribution < -0.4 is 16.0 Å². The number of hydrogen-bond acceptors (Lipinski definition) is 10. The van der Waals surface area contributed by atoms with E-state index in [9.17, 15) is 19.2 Å². The molecule has 6 bridgehead atoms. The molecule has 3 aliphatic rings. The topological polar surface area (TPSA) is 155 Å². The number of aromatic nitrogens is 2. The fraction of sp³-hybridized carbons (Fsp3) is 0.395. The van der Waals surface area contributed by atoms with Gasteiger partial charge in [0, 0.05) is 23.7 Å². The monoisotopic (exact) mass is 739 g/mol. The predicted octanol–water partition coefficient (Wildman–Crippen LogP) is 4.66. The van der Waals surface area contributed by atoms with Crippen molar-refractivity contribution in [2.45, 2.75) is 82.8 Å². The molecule has 6 atom stereocenters. The van der Waals surface area contributed by atoms with Crippen LogP contribution in [0.1, 0.15) is 87.8 Å². The van der Waals surface area contributed by atoms with Gasteiger partial charge in [0.15, 0.2) is 6.04 Å². The third kappa shape index (κ3) is 7.63. The van der Waals surface area contributed by atoms with Crippen LogP contribution in [0.2, 0.25) is 0 Å². The summed E-state index contributed by atoms with van der Waals surface area (Å²) in [5, 5.41) is 13.7. The summed E-state index contributed by atoms with van der Waals surface area (Å²) in [6, 6.07) is 16.0. The molecule has 6 unspecified atom stereocenters. The highest BCUT2D eigenvalue weighted by Crippen LogP contribution is 2.30. The van der Waals surface area contributed by atoms with Crippen LogP contribution in [0.3, 0.4) is 0 Å². The fourth-order valence-electron chi connectivity index (χ4n) is 6.85. The smallest absolute Gasteiger partial charge is 0.271 e. The van der Waals surface area contributed by atoms with Crippen molar-refractivity contribution in [3.8, 4) is 0 Å². The van der Waals surface area contributed by atoms with E-state index in [4.69, 9.17) is 14.7 Å². The molecular weight excluding hydrogens is 699 g/mol. The van der Waals surface area contributed by atoms with Crippen molar-refractivity contribution in [1.29, 1.82) is 0 Å². The number of nitrogens with zero attached hydrogens (tertiary/aromatic N) is 4. The summed E-state index contributed by atoms with van der Waals surface area (Å²) in [6.45, 7) is 6.22. The highest BCUT2D eigenvalue weighted by molar-refractivity contribution is 7.10. The molecule has 1 fully saturated rings. The Balaban J connectivity index is 1.27. The highest BCUT2D eigenvalue weighted by Gasteiger charge is 2.43. The lowest BCUT2D eigenvalue weighted by molar-refractivity contribution is -0.133. The van der Waals surface area contributed by atoms with Gasteiger partial charge in [-0.15, -0.1) is 22.7 Å². The maximum Gasteiger partial charge on any atom is 0.271 e. The van der Waals surface area contributed by atoms with Crippen LogP contribution in [-0.4, -0.2) is 75.2 Å². The number of thiazole rings is 2. The number of benzene rings is 2. The number of hydrogen-bond donors (Lipinski definition) is 3. The van der Waals surface area contributed by atoms with E-state index in [0.29, 0.717) is 35.3 Å². The van der Waals surface area contributed by atoms with E-state index in [0.717, 1.165) is 17.5 Å². The number of ether oxygens (including phenoxy) is 1. The summed E-state index contributed by atoms with van der Waals surface area (Å²) in [7, 11) is 0. The molecule has 7 rings (SSSR count). The van der Waals surface area contributed by atoms with Gasteiger partial charge >= 0.3 is 0 Å². The normalized spacial score (nSPS) is 25.4. The summed E-state index contributed by atoms with van der Waals surface area (Å²) in [5.41, 5.74) is 2.24. The molecule has 14 heteroatoms. The van der Waals surface area contributed by atoms with Crippen molar-refractivity contribution in [3.63, 3.8) is 0 Å². The summed E-state index contributed by atoms with van der Waals surface area (Å²) < 4.78 is 6.19. The molecule has 0 saturated carbocycles. The van der Waals surface area contributed by atoms with Gasteiger partial charge in [-0.05, 0) is 43.2 Å². The number of carbonyl (C=O) groups is 4. The lowest BCUT2D eigenvalue weighted by Gasteiger charge is -2.29. The standard InChI is InChI=1S/C38H41N7O5S2/c1-21(2)30-37-42-28(20-52-37)32(46)39-25(17-23-11-6-4-7-12-23)36-41-27(19-51-36)33(47)40-26(18-24-13-8-5-9-14-24)38(49)45-16-10-15-29(45)35-44-31(22(3)50-35)34(48)43-30/h4-9,11-14,19-22,25-26,29-31H,10,15-18H2,1-3H3,(H,39,46)(H,40,47)(H,43,48). The molecule has 2 aromatic carbocycles. The lowest BCUT2D eigenvalue weighted by atomic mass is 10.0. The number of rotatable bonds is 5. The number of nitrogens with one attached hydrogen (secondary N) is 3. The summed E-state index contributed by atoms with van der Waals surface area (Å²) >= 11 is 2.57. The van der Waals surface area contributed by atoms with Gasteiger partial charge in [0.05, 0.1) is 12.1 Å². The summed E-state index contributed by atoms with van der Waals surface area (Å²) in [6.07, 6.45) is 1.48. The highest BCUT2D eigenvalue weighted by atomic mass is 32.1. The van der Waals surface area contributed by atoms with Crippen LogP contribution in [0.25, 0.3) is 0 Å². The summed E-state index contributed by atoms with van der Waals surface area (Å²) in [4.78, 5) is 71.6. The van der Waals surface area contributed by atoms with E-state index >= 15 is 0 Å². The maximum atomic E-state index is 14.4. The Hall–Kier alpha value is -4.95. The molecule has 3 aliphatic heterocycles. The van der Waals surface area contributed by atoms with E-state index in [-0.39, 0.29) is 35.5 Å². The molecule has 12 nitrogen and oxygen atoms in total. The van der Waals surface area contributed by atoms with Crippen molar-refractivity contribution >= 4 is 52.2 Å². The Kier molecular flexibility index (Phi) is 10.5. The van der Waals surface area contributed by atoms with Gasteiger partial charge in [-0.3, -0.25) is 19.2 Å². The molecule has 4 aromatic rings. The summed E-state index contributed by atoms with van der Waals surface area (Å²) in [5.74, 6) is -1.17. The third-order valence-corrected chi connectivity index (χ3v) is 11.5. The Morgan fingerprint density at radius 3 is 2.02 bits per heavy atom. The molecule has 3 N–H and O–H groups in total. The minimum Gasteiger partial charge on any atom is -0.474 e. The zero-order valence-corrected chi connectivity index (χ0v) is 30.8. The molecule has 0 spiro atoms. The largest absolute Gasteiger partial charge is 0.474 e. The molecule has 270 valence electrons. The fourth-order valence-corrected chi connectivity index (χ4v) is 8.72. The minimum atomic E-state index is -0.904. The van der Waals surface area contributed by atoms with Gasteiger partial charge in [-0.2, -0.15) is 0 Å². The molecule has 0 aliphatic carbocycles. The number of carbonyl (C=O) groups excluding carboxylic acids is 4. The average molecular weight is 740 g/mol. The second kappa shape index (κ2) is 15.3. The zero-order valence-electron chi connectivity index (χ0n) is 29.2. The van der Waals surface area contributed by atoms with Gasteiger partial charge in [-0.25, -0.2) is 15.0 Å². The number of fused-ring (bicyclic) bond motifs is 7. The number of amides is 4. The van der Waals surface area contributed by atoms with Crippen LogP contribution >= 0.6 is 22.7 Å². The van der Waals surface area contributed by atoms with Crippen LogP contribution in [0, 0.1) is 5.92 Å². The second-order valence-electron chi connectivity index (χ2n) is 13.7. The van der Waals surface area contributed by atoms with Crippen molar-refractivity contribution in [2.75, 3.05) is 6.54 Å². The molecule has 5 heterocycles. The predicted molar refractivity (Wildman–Crippen MR) is 198 cm³/mol. The molecule has 0 radical (unpaired) electrons. The average Bonchev–Trinajstić information content (AvgIpc) is 3.97. The molecule has 1 saturated heterocycles. The van der Waals surface area contributed by atoms with Gasteiger partial charge < -0.3 is 25.6 Å². The van der Waals surface area contributed by atoms with Crippen molar-refractivity contribution in [3.05, 3.63) is 104 Å². The first-order valence-electron chi connectivity index (χ1n) is 17.6. The SMILES string of the molecule is CC(C)C1NC(=O)C2N=C(OC2C)C2CCCN2C(=O)C(Cc2ccccc2)NC(=O)c2csc(n2)C(Cc2ccccc2)NC(=O)c2csc1n2. The Morgan fingerprint density at radius 1 is 0.808 bits per heavy atom. The van der Waals surface area contributed by atoms with Crippen LogP contribution in [0.4, 0.5) is 0 Å². The first-order valence-corrected chi connectivity index (χ1v) is 19.4. The lowest BCUT2D eigenvalue weighted by Crippen LogP contribution is -2.52. The Morgan fingerprint density at radius 2 is 1.38 bits per heavy atom. The van der Waals surface area contributed by atoms with Crippen molar-refractivity contribution in [2.24, 2.45) is 10.9 Å². The van der Waals surface area contributed by atoms with Gasteiger partial charge in [-0.1, -0.05) is 74.5 Å². The maximum absolute atomic E-state index is 14.4. The first-order chi connectivity index (χ1) is 25.1. The van der Waals surface area contributed by atoms with Gasteiger partial charge in [0.2, 0.25) is 17.7 Å². The van der Waals surface area contributed by atoms with Crippen LogP contribution in [0.15, 0.2) is 76.4 Å². The van der Waals surface area contributed by atoms with E-state index in [1.54, 1.807) is 22.6 Å². The second-order valence-corrected chi connectivity index (χ2v) is 15.5. The first kappa shape index (κ1) is 35.5. The third-order valence-electron chi connectivity index (χ3n) is 9.62. The Labute approximate surface area is 310 Å². The minimum absolute atomic E-state index is 0.0391. The Bertz CT molecular complexity index is 1960. The molecule has 4 amide bonds. The van der Waals surface area contributed by atoms with Gasteiger partial charge in [0.1, 0.15) is 39.6 Å². The van der Waals surface area contributed by atoms with E-state index in [1.165, 1.54) is 22.7 Å². The van der Waals surface area contributed by atoms with Crippen molar-refractivity contribution < 1.29 is 23.9 Å². The van der Waals surface area contributed by atoms with Crippen molar-refractivity contribution in [1.82, 2.24) is 30.8 Å². The van der Waals surface area contributed by atoms with Crippen LogP contribution in [0.5, 0.6) is 0 Å². The van der Waals surface area contributed by atoms with E-state index < -0.39 is 48.1 Å². The molecule has 52 heavy (non-hydrogen) atoms. The van der Waals surface area contributed by atoms with E-state index in [1.807, 2.05) is 74.5 Å². The van der Waals surface area contributed by atoms with Gasteiger partial charge in [0.25, 0.3) is 11.8 Å². The van der Waals surface area contributed by atoms with E-state index in [2.05, 4.69) is 20.9 Å². The number of aliphatic imine (C=N–C) groups is 1. The molecular formula is C38H41N7O5S2. The quantitative estimate of drug-likeness (QED) is 0.269. The molecule has 2 aromatic heterocycles. The zero-order chi connectivity index (χ0) is 36.4. The van der Waals surface area contributed by atoms with Crippen LogP contribution in [-0.2, 0) is 27.2 Å².